The summed E-state index contributed by atoms with van der Waals surface area (Å²) in [5.41, 5.74) is 2.92. The molecule has 0 saturated carbocycles. The molecule has 2 aromatic rings. The van der Waals surface area contributed by atoms with Gasteiger partial charge in [0.15, 0.2) is 0 Å². The molecule has 1 aromatic carbocycles. The normalized spacial score (nSPS) is 10.7. The summed E-state index contributed by atoms with van der Waals surface area (Å²) in [5.74, 6) is 1.61. The van der Waals surface area contributed by atoms with E-state index in [1.807, 2.05) is 31.2 Å². The number of pyridine rings is 1. The summed E-state index contributed by atoms with van der Waals surface area (Å²) in [7, 11) is 0. The predicted molar refractivity (Wildman–Crippen MR) is 87.3 cm³/mol. The number of nitrogens with zero attached hydrogens (tertiary/aromatic N) is 1. The third-order valence-electron chi connectivity index (χ3n) is 3.12. The van der Waals surface area contributed by atoms with Crippen LogP contribution in [0.4, 0.5) is 5.69 Å². The number of rotatable bonds is 6. The molecule has 0 fully saturated rings. The zero-order valence-corrected chi connectivity index (χ0v) is 12.8. The maximum atomic E-state index is 12.0. The van der Waals surface area contributed by atoms with Crippen molar-refractivity contribution in [3.63, 3.8) is 0 Å². The van der Waals surface area contributed by atoms with Crippen LogP contribution >= 0.6 is 11.8 Å². The van der Waals surface area contributed by atoms with Gasteiger partial charge in [0.2, 0.25) is 5.91 Å². The van der Waals surface area contributed by atoms with Crippen molar-refractivity contribution in [2.45, 2.75) is 26.7 Å². The fourth-order valence-corrected chi connectivity index (χ4v) is 2.92. The Bertz CT molecular complexity index is 598. The molecule has 0 aliphatic heterocycles. The Balaban J connectivity index is 2.06. The summed E-state index contributed by atoms with van der Waals surface area (Å²) in [4.78, 5) is 16.3. The fourth-order valence-electron chi connectivity index (χ4n) is 2.02. The van der Waals surface area contributed by atoms with Gasteiger partial charge in [0, 0.05) is 11.6 Å². The highest BCUT2D eigenvalue weighted by Crippen LogP contribution is 2.24. The molecular formula is C16H20N2OS. The average Bonchev–Trinajstić information content (AvgIpc) is 2.47. The van der Waals surface area contributed by atoms with E-state index in [-0.39, 0.29) is 5.91 Å². The van der Waals surface area contributed by atoms with Gasteiger partial charge in [-0.05, 0) is 42.9 Å². The highest BCUT2D eigenvalue weighted by Gasteiger charge is 2.07. The number of amides is 1. The van der Waals surface area contributed by atoms with Gasteiger partial charge >= 0.3 is 0 Å². The lowest BCUT2D eigenvalue weighted by molar-refractivity contribution is -0.113. The highest BCUT2D eigenvalue weighted by molar-refractivity contribution is 7.99. The van der Waals surface area contributed by atoms with Crippen molar-refractivity contribution in [3.05, 3.63) is 36.0 Å². The molecule has 1 aromatic heterocycles. The minimum absolute atomic E-state index is 0.0557. The second-order valence-corrected chi connectivity index (χ2v) is 5.89. The van der Waals surface area contributed by atoms with E-state index in [2.05, 4.69) is 17.2 Å². The van der Waals surface area contributed by atoms with Crippen molar-refractivity contribution in [1.82, 2.24) is 4.98 Å². The molecule has 20 heavy (non-hydrogen) atoms. The minimum Gasteiger partial charge on any atom is -0.325 e. The van der Waals surface area contributed by atoms with Crippen molar-refractivity contribution in [1.29, 1.82) is 0 Å². The van der Waals surface area contributed by atoms with E-state index < -0.39 is 0 Å². The van der Waals surface area contributed by atoms with Gasteiger partial charge in [0.25, 0.3) is 0 Å². The molecule has 1 heterocycles. The molecule has 0 aliphatic carbocycles. The molecule has 4 heteroatoms. The Kier molecular flexibility index (Phi) is 5.41. The van der Waals surface area contributed by atoms with Crippen LogP contribution in [-0.4, -0.2) is 22.4 Å². The molecule has 106 valence electrons. The largest absolute Gasteiger partial charge is 0.325 e. The number of thioether (sulfide) groups is 1. The van der Waals surface area contributed by atoms with E-state index in [9.17, 15) is 4.79 Å². The first-order valence-corrected chi connectivity index (χ1v) is 8.09. The summed E-state index contributed by atoms with van der Waals surface area (Å²) in [5, 5.41) is 3.99. The minimum atomic E-state index is 0.0557. The van der Waals surface area contributed by atoms with Crippen molar-refractivity contribution in [2.24, 2.45) is 0 Å². The molecule has 1 amide bonds. The lowest BCUT2D eigenvalue weighted by Crippen LogP contribution is -2.14. The number of fused-ring (bicyclic) bond motifs is 1. The standard InChI is InChI=1S/C16H20N2OS/c1-3-4-10-20-11-15(19)18-14-8-7-12(2)16-13(14)6-5-9-17-16/h5-9H,3-4,10-11H2,1-2H3,(H,18,19). The summed E-state index contributed by atoms with van der Waals surface area (Å²) in [6.07, 6.45) is 4.11. The number of aromatic nitrogens is 1. The molecule has 0 radical (unpaired) electrons. The van der Waals surface area contributed by atoms with Crippen molar-refractivity contribution >= 4 is 34.3 Å². The average molecular weight is 288 g/mol. The van der Waals surface area contributed by atoms with E-state index >= 15 is 0 Å². The third kappa shape index (κ3) is 3.73. The Morgan fingerprint density at radius 3 is 3.00 bits per heavy atom. The van der Waals surface area contributed by atoms with Crippen molar-refractivity contribution < 1.29 is 4.79 Å². The number of hydrogen-bond acceptors (Lipinski definition) is 3. The molecule has 0 saturated heterocycles. The second-order valence-electron chi connectivity index (χ2n) is 4.78. The summed E-state index contributed by atoms with van der Waals surface area (Å²) in [6.45, 7) is 4.19. The van der Waals surface area contributed by atoms with Crippen LogP contribution < -0.4 is 5.32 Å². The lowest BCUT2D eigenvalue weighted by atomic mass is 10.1. The Morgan fingerprint density at radius 1 is 1.35 bits per heavy atom. The molecule has 3 nitrogen and oxygen atoms in total. The molecule has 0 bridgehead atoms. The topological polar surface area (TPSA) is 42.0 Å². The summed E-state index contributed by atoms with van der Waals surface area (Å²) >= 11 is 1.69. The first-order chi connectivity index (χ1) is 9.72. The van der Waals surface area contributed by atoms with Crippen LogP contribution in [0.2, 0.25) is 0 Å². The van der Waals surface area contributed by atoms with Gasteiger partial charge < -0.3 is 5.32 Å². The Morgan fingerprint density at radius 2 is 2.20 bits per heavy atom. The number of nitrogens with one attached hydrogen (secondary N) is 1. The van der Waals surface area contributed by atoms with Gasteiger partial charge in [0.05, 0.1) is 17.0 Å². The summed E-state index contributed by atoms with van der Waals surface area (Å²) in [6, 6.07) is 7.84. The van der Waals surface area contributed by atoms with Crippen molar-refractivity contribution in [2.75, 3.05) is 16.8 Å². The van der Waals surface area contributed by atoms with Gasteiger partial charge in [-0.1, -0.05) is 19.4 Å². The first-order valence-electron chi connectivity index (χ1n) is 6.94. The van der Waals surface area contributed by atoms with Gasteiger partial charge in [-0.2, -0.15) is 11.8 Å². The van der Waals surface area contributed by atoms with Crippen LogP contribution in [0.15, 0.2) is 30.5 Å². The van der Waals surface area contributed by atoms with E-state index in [0.29, 0.717) is 5.75 Å². The number of unbranched alkanes of at least 4 members (excludes halogenated alkanes) is 1. The van der Waals surface area contributed by atoms with E-state index in [0.717, 1.165) is 34.3 Å². The zero-order valence-electron chi connectivity index (χ0n) is 12.0. The van der Waals surface area contributed by atoms with Crippen LogP contribution in [0.1, 0.15) is 25.3 Å². The number of benzene rings is 1. The lowest BCUT2D eigenvalue weighted by Gasteiger charge is -2.09. The molecular weight excluding hydrogens is 268 g/mol. The molecule has 1 N–H and O–H groups in total. The second kappa shape index (κ2) is 7.29. The molecule has 2 rings (SSSR count). The van der Waals surface area contributed by atoms with Crippen LogP contribution in [0, 0.1) is 6.92 Å². The monoisotopic (exact) mass is 288 g/mol. The summed E-state index contributed by atoms with van der Waals surface area (Å²) < 4.78 is 0. The SMILES string of the molecule is CCCCSCC(=O)Nc1ccc(C)c2ncccc12. The van der Waals surface area contributed by atoms with E-state index in [1.165, 1.54) is 6.42 Å². The molecule has 0 spiro atoms. The quantitative estimate of drug-likeness (QED) is 0.816. The van der Waals surface area contributed by atoms with Crippen LogP contribution in [0.25, 0.3) is 10.9 Å². The Labute approximate surface area is 124 Å². The van der Waals surface area contributed by atoms with Gasteiger partial charge in [-0.15, -0.1) is 0 Å². The van der Waals surface area contributed by atoms with E-state index in [4.69, 9.17) is 0 Å². The number of anilines is 1. The molecule has 0 unspecified atom stereocenters. The highest BCUT2D eigenvalue weighted by atomic mass is 32.2. The fraction of sp³-hybridized carbons (Fsp3) is 0.375. The maximum Gasteiger partial charge on any atom is 0.234 e. The predicted octanol–water partition coefficient (Wildman–Crippen LogP) is 4.02. The number of carbonyl (C=O) groups is 1. The van der Waals surface area contributed by atoms with Gasteiger partial charge in [0.1, 0.15) is 0 Å². The first kappa shape index (κ1) is 14.9. The molecule has 0 atom stereocenters. The third-order valence-corrected chi connectivity index (χ3v) is 4.16. The van der Waals surface area contributed by atoms with Crippen LogP contribution in [0.5, 0.6) is 0 Å². The van der Waals surface area contributed by atoms with Gasteiger partial charge in [-0.3, -0.25) is 9.78 Å². The smallest absolute Gasteiger partial charge is 0.234 e. The number of carbonyl (C=O) groups excluding carboxylic acids is 1. The van der Waals surface area contributed by atoms with Crippen LogP contribution in [-0.2, 0) is 4.79 Å². The van der Waals surface area contributed by atoms with Crippen molar-refractivity contribution in [3.8, 4) is 0 Å². The maximum absolute atomic E-state index is 12.0. The zero-order chi connectivity index (χ0) is 14.4. The van der Waals surface area contributed by atoms with Gasteiger partial charge in [-0.25, -0.2) is 0 Å². The number of hydrogen-bond donors (Lipinski definition) is 1. The van der Waals surface area contributed by atoms with Crippen LogP contribution in [0.3, 0.4) is 0 Å². The molecule has 0 aliphatic rings. The van der Waals surface area contributed by atoms with E-state index in [1.54, 1.807) is 18.0 Å². The number of aryl methyl sites for hydroxylation is 1. The Hall–Kier alpha value is -1.55.